The summed E-state index contributed by atoms with van der Waals surface area (Å²) in [4.78, 5) is 37.1. The Morgan fingerprint density at radius 2 is 2.00 bits per heavy atom. The van der Waals surface area contributed by atoms with Gasteiger partial charge in [0.15, 0.2) is 0 Å². The quantitative estimate of drug-likeness (QED) is 0.512. The number of rotatable bonds is 7. The van der Waals surface area contributed by atoms with Crippen molar-refractivity contribution in [1.29, 1.82) is 0 Å². The number of halogens is 1. The smallest absolute Gasteiger partial charge is 0.410 e. The van der Waals surface area contributed by atoms with Crippen LogP contribution in [0.1, 0.15) is 58.4 Å². The van der Waals surface area contributed by atoms with E-state index in [2.05, 4.69) is 5.32 Å². The molecule has 0 bridgehead atoms. The molecule has 1 aliphatic rings. The molecule has 0 radical (unpaired) electrons. The second-order valence-electron chi connectivity index (χ2n) is 7.70. The average Bonchev–Trinajstić information content (AvgIpc) is 2.68. The lowest BCUT2D eigenvalue weighted by atomic mass is 9.68. The summed E-state index contributed by atoms with van der Waals surface area (Å²) in [6, 6.07) is 7.17. The van der Waals surface area contributed by atoms with Gasteiger partial charge in [0.05, 0.1) is 5.41 Å². The molecular weight excluding hydrogens is 396 g/mol. The summed E-state index contributed by atoms with van der Waals surface area (Å²) >= 11 is 6.36. The van der Waals surface area contributed by atoms with Crippen molar-refractivity contribution in [3.8, 4) is 0 Å². The van der Waals surface area contributed by atoms with Crippen LogP contribution in [0.15, 0.2) is 24.3 Å². The minimum Gasteiger partial charge on any atom is -0.424 e. The molecule has 0 saturated heterocycles. The Bertz CT molecular complexity index is 767. The summed E-state index contributed by atoms with van der Waals surface area (Å²) in [5.74, 6) is -0.617. The van der Waals surface area contributed by atoms with Crippen molar-refractivity contribution in [1.82, 2.24) is 5.32 Å². The number of hydrogen-bond acceptors (Lipinski definition) is 6. The van der Waals surface area contributed by atoms with Crippen LogP contribution in [-0.2, 0) is 24.5 Å². The standard InChI is InChI=1S/C21H29ClN2O5/c1-4-20(3,23)18(26)28-14(2)29-19(27)24-13-21(12-8-7-11-17(21)25)15-9-5-6-10-16(15)22/h5-6,9-10,14H,4,7-8,11-13,23H2,1-3H3,(H,24,27)/t14?,20?,21-/m1/s1. The van der Waals surface area contributed by atoms with E-state index in [9.17, 15) is 14.4 Å². The first kappa shape index (κ1) is 23.2. The van der Waals surface area contributed by atoms with Gasteiger partial charge in [0, 0.05) is 24.9 Å². The minimum absolute atomic E-state index is 0.0403. The molecule has 1 fully saturated rings. The summed E-state index contributed by atoms with van der Waals surface area (Å²) in [5, 5.41) is 3.13. The minimum atomic E-state index is -1.16. The monoisotopic (exact) mass is 424 g/mol. The lowest BCUT2D eigenvalue weighted by Crippen LogP contribution is -2.49. The van der Waals surface area contributed by atoms with E-state index >= 15 is 0 Å². The van der Waals surface area contributed by atoms with Gasteiger partial charge < -0.3 is 20.5 Å². The predicted molar refractivity (Wildman–Crippen MR) is 110 cm³/mol. The number of esters is 1. The summed E-state index contributed by atoms with van der Waals surface area (Å²) in [6.07, 6.45) is 1.17. The Hall–Kier alpha value is -2.12. The van der Waals surface area contributed by atoms with Crippen LogP contribution in [0.25, 0.3) is 0 Å². The van der Waals surface area contributed by atoms with E-state index in [-0.39, 0.29) is 12.3 Å². The maximum absolute atomic E-state index is 12.9. The van der Waals surface area contributed by atoms with Crippen molar-refractivity contribution in [2.45, 2.75) is 70.1 Å². The van der Waals surface area contributed by atoms with Crippen LogP contribution in [0.2, 0.25) is 5.02 Å². The molecule has 29 heavy (non-hydrogen) atoms. The van der Waals surface area contributed by atoms with Gasteiger partial charge in [-0.15, -0.1) is 0 Å². The van der Waals surface area contributed by atoms with Crippen LogP contribution in [-0.4, -0.2) is 36.2 Å². The Labute approximate surface area is 176 Å². The lowest BCUT2D eigenvalue weighted by Gasteiger charge is -2.37. The topological polar surface area (TPSA) is 108 Å². The molecule has 3 atom stereocenters. The summed E-state index contributed by atoms with van der Waals surface area (Å²) in [6.45, 7) is 4.79. The van der Waals surface area contributed by atoms with Crippen LogP contribution in [0.4, 0.5) is 4.79 Å². The molecule has 2 unspecified atom stereocenters. The van der Waals surface area contributed by atoms with Crippen molar-refractivity contribution >= 4 is 29.4 Å². The molecule has 1 aromatic carbocycles. The lowest BCUT2D eigenvalue weighted by molar-refractivity contribution is -0.171. The zero-order valence-corrected chi connectivity index (χ0v) is 17.9. The van der Waals surface area contributed by atoms with Crippen molar-refractivity contribution < 1.29 is 23.9 Å². The highest BCUT2D eigenvalue weighted by Crippen LogP contribution is 2.39. The Balaban J connectivity index is 2.04. The van der Waals surface area contributed by atoms with Crippen LogP contribution >= 0.6 is 11.6 Å². The molecule has 1 saturated carbocycles. The second-order valence-corrected chi connectivity index (χ2v) is 8.10. The second kappa shape index (κ2) is 9.59. The maximum atomic E-state index is 12.9. The number of ether oxygens (including phenoxy) is 2. The van der Waals surface area contributed by atoms with Crippen LogP contribution in [0.3, 0.4) is 0 Å². The molecular formula is C21H29ClN2O5. The van der Waals surface area contributed by atoms with Crippen LogP contribution in [0.5, 0.6) is 0 Å². The Morgan fingerprint density at radius 1 is 1.31 bits per heavy atom. The number of alkyl carbamates (subject to hydrolysis) is 1. The molecule has 0 heterocycles. The fraction of sp³-hybridized carbons (Fsp3) is 0.571. The molecule has 2 rings (SSSR count). The van der Waals surface area contributed by atoms with Gasteiger partial charge in [-0.05, 0) is 37.8 Å². The predicted octanol–water partition coefficient (Wildman–Crippen LogP) is 3.46. The van der Waals surface area contributed by atoms with E-state index in [1.54, 1.807) is 26.0 Å². The molecule has 1 aromatic rings. The van der Waals surface area contributed by atoms with E-state index in [4.69, 9.17) is 26.8 Å². The van der Waals surface area contributed by atoms with E-state index in [0.29, 0.717) is 29.8 Å². The number of carbonyl (C=O) groups excluding carboxylic acids is 3. The third-order valence-electron chi connectivity index (χ3n) is 5.46. The summed E-state index contributed by atoms with van der Waals surface area (Å²) < 4.78 is 10.2. The average molecular weight is 425 g/mol. The van der Waals surface area contributed by atoms with E-state index in [1.165, 1.54) is 6.92 Å². The third-order valence-corrected chi connectivity index (χ3v) is 5.79. The van der Waals surface area contributed by atoms with Crippen molar-refractivity contribution in [3.63, 3.8) is 0 Å². The van der Waals surface area contributed by atoms with Gasteiger partial charge in [-0.25, -0.2) is 9.59 Å². The van der Waals surface area contributed by atoms with Crippen LogP contribution < -0.4 is 11.1 Å². The molecule has 0 aromatic heterocycles. The van der Waals surface area contributed by atoms with Crippen molar-refractivity contribution in [3.05, 3.63) is 34.9 Å². The molecule has 7 nitrogen and oxygen atoms in total. The highest BCUT2D eigenvalue weighted by atomic mass is 35.5. The van der Waals surface area contributed by atoms with Gasteiger partial charge in [0.2, 0.25) is 6.29 Å². The van der Waals surface area contributed by atoms with Gasteiger partial charge in [0.25, 0.3) is 0 Å². The number of carbonyl (C=O) groups is 3. The maximum Gasteiger partial charge on any atom is 0.410 e. The number of nitrogens with one attached hydrogen (secondary N) is 1. The van der Waals surface area contributed by atoms with E-state index in [0.717, 1.165) is 12.8 Å². The first-order chi connectivity index (χ1) is 13.6. The van der Waals surface area contributed by atoms with Gasteiger partial charge in [-0.2, -0.15) is 0 Å². The van der Waals surface area contributed by atoms with Crippen molar-refractivity contribution in [2.75, 3.05) is 6.54 Å². The largest absolute Gasteiger partial charge is 0.424 e. The molecule has 0 aliphatic heterocycles. The number of hydrogen-bond donors (Lipinski definition) is 2. The van der Waals surface area contributed by atoms with Gasteiger partial charge >= 0.3 is 12.1 Å². The number of nitrogens with two attached hydrogens (primary N) is 1. The molecule has 0 spiro atoms. The highest BCUT2D eigenvalue weighted by Gasteiger charge is 2.43. The Morgan fingerprint density at radius 3 is 2.62 bits per heavy atom. The molecule has 160 valence electrons. The zero-order chi connectivity index (χ0) is 21.7. The first-order valence-electron chi connectivity index (χ1n) is 9.85. The number of Topliss-reactive ketones (excluding diaryl/α,β-unsaturated/α-hetero) is 1. The fourth-order valence-corrected chi connectivity index (χ4v) is 3.69. The fourth-order valence-electron chi connectivity index (χ4n) is 3.38. The molecule has 1 aliphatic carbocycles. The van der Waals surface area contributed by atoms with E-state index < -0.39 is 29.3 Å². The number of ketones is 1. The number of benzene rings is 1. The van der Waals surface area contributed by atoms with Gasteiger partial charge in [-0.3, -0.25) is 4.79 Å². The zero-order valence-electron chi connectivity index (χ0n) is 17.1. The van der Waals surface area contributed by atoms with Gasteiger partial charge in [0.1, 0.15) is 11.3 Å². The summed E-state index contributed by atoms with van der Waals surface area (Å²) in [7, 11) is 0. The van der Waals surface area contributed by atoms with Crippen molar-refractivity contribution in [2.24, 2.45) is 5.73 Å². The van der Waals surface area contributed by atoms with Crippen LogP contribution in [0, 0.1) is 0 Å². The Kier molecular flexibility index (Phi) is 7.66. The normalized spacial score (nSPS) is 22.3. The molecule has 8 heteroatoms. The SMILES string of the molecule is CCC(C)(N)C(=O)OC(C)OC(=O)NC[C@@]1(c2ccccc2Cl)CCCCC1=O. The number of amides is 1. The molecule has 3 N–H and O–H groups in total. The third kappa shape index (κ3) is 5.48. The highest BCUT2D eigenvalue weighted by molar-refractivity contribution is 6.31. The van der Waals surface area contributed by atoms with Gasteiger partial charge in [-0.1, -0.05) is 43.1 Å². The van der Waals surface area contributed by atoms with E-state index in [1.807, 2.05) is 12.1 Å². The molecule has 1 amide bonds. The summed E-state index contributed by atoms with van der Waals surface area (Å²) in [5.41, 5.74) is 4.48. The first-order valence-corrected chi connectivity index (χ1v) is 10.2.